The summed E-state index contributed by atoms with van der Waals surface area (Å²) < 4.78 is 7.10. The van der Waals surface area contributed by atoms with Crippen molar-refractivity contribution >= 4 is 45.1 Å². The number of rotatable bonds is 6. The molecule has 9 aromatic rings. The highest BCUT2D eigenvalue weighted by atomic mass is 16.3. The molecule has 1 aromatic heterocycles. The molecule has 0 amide bonds. The number of anilines is 6. The van der Waals surface area contributed by atoms with E-state index >= 15 is 0 Å². The molecular formula is C51H34N2O. The van der Waals surface area contributed by atoms with Crippen LogP contribution in [0.25, 0.3) is 33.4 Å². The van der Waals surface area contributed by atoms with Crippen LogP contribution in [0.2, 0.25) is 0 Å². The van der Waals surface area contributed by atoms with Gasteiger partial charge in [-0.3, -0.25) is 0 Å². The highest BCUT2D eigenvalue weighted by Gasteiger charge is 2.56. The number of hydrogen-bond donors (Lipinski definition) is 0. The second-order valence-electron chi connectivity index (χ2n) is 14.0. The van der Waals surface area contributed by atoms with Crippen molar-refractivity contribution in [1.82, 2.24) is 0 Å². The third kappa shape index (κ3) is 4.24. The molecule has 1 atom stereocenters. The van der Waals surface area contributed by atoms with Crippen LogP contribution in [-0.4, -0.2) is 0 Å². The first kappa shape index (κ1) is 30.5. The van der Waals surface area contributed by atoms with Crippen molar-refractivity contribution in [2.45, 2.75) is 5.41 Å². The maximum atomic E-state index is 7.10. The van der Waals surface area contributed by atoms with E-state index in [2.05, 4.69) is 216 Å². The van der Waals surface area contributed by atoms with Gasteiger partial charge in [0.05, 0.1) is 16.8 Å². The van der Waals surface area contributed by atoms with E-state index in [1.54, 1.807) is 0 Å². The molecule has 2 aliphatic rings. The molecule has 0 saturated heterocycles. The second kappa shape index (κ2) is 12.0. The summed E-state index contributed by atoms with van der Waals surface area (Å²) in [4.78, 5) is 4.78. The topological polar surface area (TPSA) is 19.6 Å². The molecule has 1 unspecified atom stereocenters. The molecule has 8 aromatic carbocycles. The molecule has 254 valence electrons. The largest absolute Gasteiger partial charge is 0.456 e. The van der Waals surface area contributed by atoms with Crippen molar-refractivity contribution in [3.63, 3.8) is 0 Å². The number of fused-ring (bicyclic) bond motifs is 12. The molecule has 11 rings (SSSR count). The Balaban J connectivity index is 1.27. The lowest BCUT2D eigenvalue weighted by Gasteiger charge is -2.32. The molecule has 1 spiro atoms. The zero-order chi connectivity index (χ0) is 35.6. The maximum Gasteiger partial charge on any atom is 0.142 e. The predicted molar refractivity (Wildman–Crippen MR) is 222 cm³/mol. The molecular weight excluding hydrogens is 657 g/mol. The smallest absolute Gasteiger partial charge is 0.142 e. The van der Waals surface area contributed by atoms with Gasteiger partial charge in [-0.2, -0.15) is 0 Å². The van der Waals surface area contributed by atoms with Gasteiger partial charge < -0.3 is 14.2 Å². The van der Waals surface area contributed by atoms with E-state index in [4.69, 9.17) is 4.42 Å². The van der Waals surface area contributed by atoms with E-state index in [0.717, 1.165) is 56.4 Å². The third-order valence-corrected chi connectivity index (χ3v) is 11.2. The third-order valence-electron chi connectivity index (χ3n) is 11.2. The molecule has 0 fully saturated rings. The van der Waals surface area contributed by atoms with Gasteiger partial charge in [-0.15, -0.1) is 0 Å². The zero-order valence-electron chi connectivity index (χ0n) is 29.4. The van der Waals surface area contributed by atoms with E-state index < -0.39 is 5.41 Å². The number of benzene rings is 8. The molecule has 1 heterocycles. The lowest BCUT2D eigenvalue weighted by Crippen LogP contribution is -2.26. The molecule has 0 bridgehead atoms. The van der Waals surface area contributed by atoms with Gasteiger partial charge in [-0.25, -0.2) is 0 Å². The minimum absolute atomic E-state index is 0.632. The van der Waals surface area contributed by atoms with Crippen LogP contribution in [0.5, 0.6) is 0 Å². The lowest BCUT2D eigenvalue weighted by atomic mass is 9.70. The van der Waals surface area contributed by atoms with Crippen molar-refractivity contribution in [2.24, 2.45) is 0 Å². The second-order valence-corrected chi connectivity index (χ2v) is 14.0. The molecule has 0 N–H and O–H groups in total. The SMILES string of the molecule is c1ccc(N(c2ccccc2)c2cccc3c2-c2ccccc2C32c3cccc(N(c4ccccc4)c4ccccc4)c3-c3oc4ccccc4c32)cc1. The van der Waals surface area contributed by atoms with Crippen molar-refractivity contribution in [3.05, 3.63) is 229 Å². The summed E-state index contributed by atoms with van der Waals surface area (Å²) in [6, 6.07) is 74.0. The average molecular weight is 691 g/mol. The van der Waals surface area contributed by atoms with Gasteiger partial charge >= 0.3 is 0 Å². The van der Waals surface area contributed by atoms with Crippen LogP contribution in [0.4, 0.5) is 34.1 Å². The summed E-state index contributed by atoms with van der Waals surface area (Å²) in [6.07, 6.45) is 0. The fourth-order valence-corrected chi connectivity index (χ4v) is 9.22. The molecule has 3 nitrogen and oxygen atoms in total. The summed E-state index contributed by atoms with van der Waals surface area (Å²) in [7, 11) is 0. The van der Waals surface area contributed by atoms with Crippen molar-refractivity contribution in [1.29, 1.82) is 0 Å². The first-order valence-electron chi connectivity index (χ1n) is 18.5. The molecule has 0 aliphatic heterocycles. The maximum absolute atomic E-state index is 7.10. The minimum Gasteiger partial charge on any atom is -0.456 e. The average Bonchev–Trinajstić information content (AvgIpc) is 3.87. The van der Waals surface area contributed by atoms with Crippen molar-refractivity contribution in [2.75, 3.05) is 9.80 Å². The Bertz CT molecular complexity index is 2750. The van der Waals surface area contributed by atoms with E-state index in [9.17, 15) is 0 Å². The van der Waals surface area contributed by atoms with Crippen LogP contribution in [-0.2, 0) is 5.41 Å². The molecule has 3 heteroatoms. The van der Waals surface area contributed by atoms with Crippen molar-refractivity contribution < 1.29 is 4.42 Å². The van der Waals surface area contributed by atoms with Crippen LogP contribution < -0.4 is 9.80 Å². The summed E-state index contributed by atoms with van der Waals surface area (Å²) in [6.45, 7) is 0. The van der Waals surface area contributed by atoms with Crippen LogP contribution >= 0.6 is 0 Å². The van der Waals surface area contributed by atoms with Gasteiger partial charge in [0, 0.05) is 44.8 Å². The van der Waals surface area contributed by atoms with Crippen LogP contribution in [0, 0.1) is 0 Å². The van der Waals surface area contributed by atoms with Crippen molar-refractivity contribution in [3.8, 4) is 22.5 Å². The normalized spacial score (nSPS) is 14.7. The number of hydrogen-bond acceptors (Lipinski definition) is 3. The Labute approximate surface area is 314 Å². The van der Waals surface area contributed by atoms with E-state index in [0.29, 0.717) is 0 Å². The van der Waals surface area contributed by atoms with Gasteiger partial charge in [0.2, 0.25) is 0 Å². The van der Waals surface area contributed by atoms with Gasteiger partial charge in [-0.1, -0.05) is 140 Å². The highest BCUT2D eigenvalue weighted by molar-refractivity contribution is 6.07. The Kier molecular flexibility index (Phi) is 6.77. The monoisotopic (exact) mass is 690 g/mol. The van der Waals surface area contributed by atoms with Gasteiger partial charge in [0.25, 0.3) is 0 Å². The molecule has 0 radical (unpaired) electrons. The van der Waals surface area contributed by atoms with Crippen LogP contribution in [0.1, 0.15) is 22.3 Å². The first-order valence-corrected chi connectivity index (χ1v) is 18.5. The van der Waals surface area contributed by atoms with Gasteiger partial charge in [-0.05, 0) is 89.0 Å². The fourth-order valence-electron chi connectivity index (χ4n) is 9.22. The van der Waals surface area contributed by atoms with E-state index in [1.165, 1.54) is 33.4 Å². The minimum atomic E-state index is -0.632. The summed E-state index contributed by atoms with van der Waals surface area (Å²) >= 11 is 0. The number of para-hydroxylation sites is 5. The first-order chi connectivity index (χ1) is 26.8. The zero-order valence-corrected chi connectivity index (χ0v) is 29.4. The molecule has 54 heavy (non-hydrogen) atoms. The van der Waals surface area contributed by atoms with E-state index in [-0.39, 0.29) is 0 Å². The van der Waals surface area contributed by atoms with Gasteiger partial charge in [0.15, 0.2) is 0 Å². The number of furan rings is 1. The molecule has 2 aliphatic carbocycles. The van der Waals surface area contributed by atoms with Gasteiger partial charge in [0.1, 0.15) is 11.3 Å². The highest BCUT2D eigenvalue weighted by Crippen LogP contribution is 2.68. The fraction of sp³-hybridized carbons (Fsp3) is 0.0196. The van der Waals surface area contributed by atoms with Crippen LogP contribution in [0.3, 0.4) is 0 Å². The Morgan fingerprint density at radius 3 is 1.33 bits per heavy atom. The summed E-state index contributed by atoms with van der Waals surface area (Å²) in [5.74, 6) is 0.926. The Morgan fingerprint density at radius 2 is 0.778 bits per heavy atom. The van der Waals surface area contributed by atoms with E-state index in [1.807, 2.05) is 0 Å². The predicted octanol–water partition coefficient (Wildman–Crippen LogP) is 13.7. The Hall–Kier alpha value is -7.10. The summed E-state index contributed by atoms with van der Waals surface area (Å²) in [5.41, 5.74) is 15.4. The molecule has 0 saturated carbocycles. The quantitative estimate of drug-likeness (QED) is 0.173. The Morgan fingerprint density at radius 1 is 0.352 bits per heavy atom. The number of nitrogens with zero attached hydrogens (tertiary/aromatic N) is 2. The lowest BCUT2D eigenvalue weighted by molar-refractivity contribution is 0.628. The standard InChI is InChI=1S/C51H34N2O/c1-5-19-35(20-6-1)52(36-21-7-2-8-22-36)44-32-17-30-42-47(44)39-27-13-15-29-41(39)51(42)43-31-18-33-45(48(43)50-49(51)40-28-14-16-34-46(40)54-50)53(37-23-9-3-10-24-37)38-25-11-4-12-26-38/h1-34H. The summed E-state index contributed by atoms with van der Waals surface area (Å²) in [5, 5.41) is 1.14. The van der Waals surface area contributed by atoms with Crippen LogP contribution in [0.15, 0.2) is 211 Å².